The zero-order valence-electron chi connectivity index (χ0n) is 17.4. The number of allylic oxidation sites excluding steroid dienone is 2. The third kappa shape index (κ3) is 4.27. The van der Waals surface area contributed by atoms with Crippen molar-refractivity contribution in [3.63, 3.8) is 0 Å². The summed E-state index contributed by atoms with van der Waals surface area (Å²) in [4.78, 5) is 26.7. The Bertz CT molecular complexity index is 839. The van der Waals surface area contributed by atoms with Crippen molar-refractivity contribution >= 4 is 23.3 Å². The number of guanidine groups is 1. The molecule has 0 amide bonds. The number of aryl methyl sites for hydroxylation is 1. The lowest BCUT2D eigenvalue weighted by atomic mass is 9.92. The molecule has 0 bridgehead atoms. The van der Waals surface area contributed by atoms with E-state index in [1.807, 2.05) is 13.0 Å². The van der Waals surface area contributed by atoms with E-state index in [1.165, 1.54) is 11.3 Å². The fourth-order valence-corrected chi connectivity index (χ4v) is 4.44. The number of amidine groups is 1. The summed E-state index contributed by atoms with van der Waals surface area (Å²) in [7, 11) is 0. The monoisotopic (exact) mass is 394 g/mol. The van der Waals surface area contributed by atoms with E-state index in [9.17, 15) is 4.79 Å². The van der Waals surface area contributed by atoms with E-state index in [2.05, 4.69) is 41.0 Å². The van der Waals surface area contributed by atoms with Crippen molar-refractivity contribution in [3.05, 3.63) is 42.0 Å². The fourth-order valence-electron chi connectivity index (χ4n) is 4.44. The second kappa shape index (κ2) is 8.91. The number of carbonyl (C=O) groups is 1. The van der Waals surface area contributed by atoms with Gasteiger partial charge in [0, 0.05) is 37.7 Å². The molecule has 0 saturated carbocycles. The van der Waals surface area contributed by atoms with Crippen molar-refractivity contribution < 1.29 is 9.53 Å². The molecule has 6 nitrogen and oxygen atoms in total. The standard InChI is InChI=1S/C23H30N4O2/c1-3-6-18(28)9-10-20-19-11-12-27(21-8-5-4-7-17(21)2)22(19)25-23(24-20)26-13-15-29-16-14-26/h3-8,19-20H,9-16H2,1-2H3. The first kappa shape index (κ1) is 19.8. The summed E-state index contributed by atoms with van der Waals surface area (Å²) < 4.78 is 5.51. The number of carbonyl (C=O) groups excluding carboxylic acids is 1. The highest BCUT2D eigenvalue weighted by molar-refractivity contribution is 6.09. The molecular formula is C23H30N4O2. The minimum absolute atomic E-state index is 0.101. The van der Waals surface area contributed by atoms with Crippen LogP contribution in [0.4, 0.5) is 5.69 Å². The number of para-hydroxylation sites is 1. The van der Waals surface area contributed by atoms with Crippen LogP contribution in [0.3, 0.4) is 0 Å². The zero-order chi connectivity index (χ0) is 20.2. The third-order valence-electron chi connectivity index (χ3n) is 5.97. The van der Waals surface area contributed by atoms with Crippen molar-refractivity contribution in [3.8, 4) is 0 Å². The average molecular weight is 395 g/mol. The van der Waals surface area contributed by atoms with E-state index < -0.39 is 0 Å². The van der Waals surface area contributed by atoms with Gasteiger partial charge in [0.15, 0.2) is 5.78 Å². The van der Waals surface area contributed by atoms with Gasteiger partial charge in [-0.15, -0.1) is 0 Å². The van der Waals surface area contributed by atoms with Crippen LogP contribution in [0.15, 0.2) is 46.4 Å². The number of benzene rings is 1. The minimum atomic E-state index is 0.101. The maximum Gasteiger partial charge on any atom is 0.222 e. The Hall–Kier alpha value is -2.47. The van der Waals surface area contributed by atoms with Crippen LogP contribution in [0.1, 0.15) is 31.7 Å². The van der Waals surface area contributed by atoms with Gasteiger partial charge in [0.2, 0.25) is 5.96 Å². The molecule has 0 radical (unpaired) electrons. The van der Waals surface area contributed by atoms with Crippen LogP contribution in [-0.4, -0.2) is 61.4 Å². The maximum atomic E-state index is 12.1. The molecule has 4 rings (SSSR count). The molecule has 29 heavy (non-hydrogen) atoms. The minimum Gasteiger partial charge on any atom is -0.378 e. The Labute approximate surface area is 173 Å². The number of hydrogen-bond acceptors (Lipinski definition) is 6. The molecule has 2 fully saturated rings. The van der Waals surface area contributed by atoms with Crippen molar-refractivity contribution in [2.75, 3.05) is 37.7 Å². The van der Waals surface area contributed by atoms with Gasteiger partial charge in [0.05, 0.1) is 19.3 Å². The summed E-state index contributed by atoms with van der Waals surface area (Å²) in [5.74, 6) is 2.37. The number of fused-ring (bicyclic) bond motifs is 1. The van der Waals surface area contributed by atoms with E-state index >= 15 is 0 Å². The van der Waals surface area contributed by atoms with Crippen LogP contribution in [0, 0.1) is 12.8 Å². The average Bonchev–Trinajstić information content (AvgIpc) is 3.17. The van der Waals surface area contributed by atoms with Gasteiger partial charge in [0.25, 0.3) is 0 Å². The van der Waals surface area contributed by atoms with E-state index in [0.717, 1.165) is 44.3 Å². The first-order valence-corrected chi connectivity index (χ1v) is 10.6. The van der Waals surface area contributed by atoms with Gasteiger partial charge < -0.3 is 14.5 Å². The summed E-state index contributed by atoms with van der Waals surface area (Å²) in [5.41, 5.74) is 2.48. The summed E-state index contributed by atoms with van der Waals surface area (Å²) >= 11 is 0. The lowest BCUT2D eigenvalue weighted by Gasteiger charge is -2.34. The number of hydrogen-bond donors (Lipinski definition) is 0. The topological polar surface area (TPSA) is 57.5 Å². The van der Waals surface area contributed by atoms with Gasteiger partial charge in [-0.1, -0.05) is 24.3 Å². The maximum absolute atomic E-state index is 12.1. The number of ether oxygens (including phenoxy) is 1. The predicted octanol–water partition coefficient (Wildman–Crippen LogP) is 3.22. The van der Waals surface area contributed by atoms with Crippen LogP contribution in [-0.2, 0) is 9.53 Å². The molecule has 6 heteroatoms. The number of ketones is 1. The summed E-state index contributed by atoms with van der Waals surface area (Å²) in [6.45, 7) is 8.02. The van der Waals surface area contributed by atoms with Crippen molar-refractivity contribution in [2.45, 2.75) is 39.2 Å². The first-order chi connectivity index (χ1) is 14.2. The van der Waals surface area contributed by atoms with Crippen LogP contribution < -0.4 is 4.90 Å². The van der Waals surface area contributed by atoms with E-state index in [1.54, 1.807) is 6.08 Å². The highest BCUT2D eigenvalue weighted by Gasteiger charge is 2.40. The van der Waals surface area contributed by atoms with Gasteiger partial charge in [0.1, 0.15) is 5.84 Å². The normalized spacial score (nSPS) is 24.5. The Morgan fingerprint density at radius 2 is 2.03 bits per heavy atom. The van der Waals surface area contributed by atoms with Crippen molar-refractivity contribution in [1.82, 2.24) is 4.90 Å². The lowest BCUT2D eigenvalue weighted by molar-refractivity contribution is -0.114. The Morgan fingerprint density at radius 3 is 2.79 bits per heavy atom. The number of rotatable bonds is 5. The molecule has 0 aromatic heterocycles. The van der Waals surface area contributed by atoms with Gasteiger partial charge in [-0.2, -0.15) is 4.99 Å². The molecule has 2 atom stereocenters. The molecule has 0 aliphatic carbocycles. The number of aliphatic imine (C=N–C) groups is 2. The zero-order valence-corrected chi connectivity index (χ0v) is 17.4. The second-order valence-corrected chi connectivity index (χ2v) is 7.90. The van der Waals surface area contributed by atoms with E-state index in [4.69, 9.17) is 14.7 Å². The molecule has 2 unspecified atom stereocenters. The fraction of sp³-hybridized carbons (Fsp3) is 0.522. The van der Waals surface area contributed by atoms with Gasteiger partial charge in [-0.05, 0) is 44.4 Å². The number of nitrogens with zero attached hydrogens (tertiary/aromatic N) is 4. The smallest absolute Gasteiger partial charge is 0.222 e. The lowest BCUT2D eigenvalue weighted by Crippen LogP contribution is -2.45. The second-order valence-electron chi connectivity index (χ2n) is 7.90. The summed E-state index contributed by atoms with van der Waals surface area (Å²) in [6.07, 6.45) is 5.80. The predicted molar refractivity (Wildman–Crippen MR) is 117 cm³/mol. The molecule has 3 aliphatic heterocycles. The largest absolute Gasteiger partial charge is 0.378 e. The van der Waals surface area contributed by atoms with Crippen LogP contribution in [0.5, 0.6) is 0 Å². The molecule has 0 N–H and O–H groups in total. The Morgan fingerprint density at radius 1 is 1.24 bits per heavy atom. The van der Waals surface area contributed by atoms with E-state index in [-0.39, 0.29) is 17.7 Å². The molecular weight excluding hydrogens is 364 g/mol. The number of morpholine rings is 1. The van der Waals surface area contributed by atoms with Gasteiger partial charge in [-0.25, -0.2) is 4.99 Å². The molecule has 154 valence electrons. The first-order valence-electron chi connectivity index (χ1n) is 10.6. The van der Waals surface area contributed by atoms with Crippen LogP contribution in [0.25, 0.3) is 0 Å². The highest BCUT2D eigenvalue weighted by Crippen LogP contribution is 2.35. The van der Waals surface area contributed by atoms with Crippen molar-refractivity contribution in [2.24, 2.45) is 15.9 Å². The molecule has 0 spiro atoms. The van der Waals surface area contributed by atoms with Crippen LogP contribution in [0.2, 0.25) is 0 Å². The molecule has 3 aliphatic rings. The quantitative estimate of drug-likeness (QED) is 0.720. The summed E-state index contributed by atoms with van der Waals surface area (Å²) in [6, 6.07) is 8.58. The SMILES string of the molecule is CC=CC(=O)CCC1N=C(N2CCOCC2)N=C2C1CCN2c1ccccc1C. The molecule has 3 heterocycles. The highest BCUT2D eigenvalue weighted by atomic mass is 16.5. The molecule has 1 aromatic carbocycles. The van der Waals surface area contributed by atoms with Gasteiger partial charge >= 0.3 is 0 Å². The van der Waals surface area contributed by atoms with Crippen LogP contribution >= 0.6 is 0 Å². The van der Waals surface area contributed by atoms with Gasteiger partial charge in [-0.3, -0.25) is 4.79 Å². The summed E-state index contributed by atoms with van der Waals surface area (Å²) in [5, 5.41) is 0. The molecule has 2 saturated heterocycles. The third-order valence-corrected chi connectivity index (χ3v) is 5.97. The Kier molecular flexibility index (Phi) is 6.09. The Balaban J connectivity index is 1.62. The number of anilines is 1. The van der Waals surface area contributed by atoms with E-state index in [0.29, 0.717) is 19.6 Å². The molecule has 1 aromatic rings. The van der Waals surface area contributed by atoms with Crippen molar-refractivity contribution in [1.29, 1.82) is 0 Å².